The van der Waals surface area contributed by atoms with Gasteiger partial charge in [-0.25, -0.2) is 0 Å². The van der Waals surface area contributed by atoms with Crippen LogP contribution in [-0.4, -0.2) is 0 Å². The second kappa shape index (κ2) is 36.4. The van der Waals surface area contributed by atoms with Crippen LogP contribution < -0.4 is 0 Å². The number of hydrogen-bond donors (Lipinski definition) is 0. The Morgan fingerprint density at radius 2 is 0.329 bits per heavy atom. The SMILES string of the molecule is CC1(C)c2ccccc2-c2ccc(-c3ccc4c(-c5ccc6ccccc6c5)c5ccccc5c(-c5ccc6ccccc6c5)c4c3)cc21.c1ccc(-c2ccc(-c3c4ccccc4c(-c4ccc5c(-c6ccccc6)c6ccccc6c(-c6ccccc6)c5c4)c4ccccc34)cc2)cc1.c1ccc2cc(-c3c4ccccc4c(-c4ccc5ccccc5c4)c4cc(-c5cc6ccccc6c6ccccc56)ccc34)ccc2c1. The van der Waals surface area contributed by atoms with Gasteiger partial charge < -0.3 is 0 Å². The molecule has 0 nitrogen and oxygen atoms in total. The molecule has 0 aromatic heterocycles. The van der Waals surface area contributed by atoms with Gasteiger partial charge in [-0.2, -0.15) is 0 Å². The maximum atomic E-state index is 2.46. The molecule has 0 amide bonds. The van der Waals surface area contributed by atoms with Gasteiger partial charge >= 0.3 is 0 Å². The lowest BCUT2D eigenvalue weighted by Gasteiger charge is -2.22. The fraction of sp³-hybridized carbons (Fsp3) is 0.0201. The van der Waals surface area contributed by atoms with E-state index in [1.807, 2.05) is 0 Å². The van der Waals surface area contributed by atoms with Crippen LogP contribution in [0.25, 0.3) is 284 Å². The van der Waals surface area contributed by atoms with Crippen LogP contribution >= 0.6 is 0 Å². The second-order valence-electron chi connectivity index (χ2n) is 40.6. The topological polar surface area (TPSA) is 0 Å². The first-order chi connectivity index (χ1) is 73.7. The summed E-state index contributed by atoms with van der Waals surface area (Å²) in [5.74, 6) is 0. The number of hydrogen-bond acceptors (Lipinski definition) is 0. The Hall–Kier alpha value is -19.0. The molecule has 694 valence electrons. The molecule has 0 saturated heterocycles. The van der Waals surface area contributed by atoms with Crippen molar-refractivity contribution in [2.45, 2.75) is 19.3 Å². The van der Waals surface area contributed by atoms with E-state index in [-0.39, 0.29) is 5.41 Å². The summed E-state index contributed by atoms with van der Waals surface area (Å²) in [6, 6.07) is 206. The number of rotatable bonds is 11. The van der Waals surface area contributed by atoms with Crippen molar-refractivity contribution in [2.75, 3.05) is 0 Å². The van der Waals surface area contributed by atoms with E-state index in [1.54, 1.807) is 0 Å². The van der Waals surface area contributed by atoms with Crippen molar-refractivity contribution in [2.24, 2.45) is 0 Å². The van der Waals surface area contributed by atoms with Gasteiger partial charge in [0.05, 0.1) is 0 Å². The van der Waals surface area contributed by atoms with Crippen LogP contribution in [-0.2, 0) is 5.41 Å². The molecule has 0 fully saturated rings. The lowest BCUT2D eigenvalue weighted by Crippen LogP contribution is -2.14. The molecule has 0 atom stereocenters. The predicted molar refractivity (Wildman–Crippen MR) is 642 cm³/mol. The van der Waals surface area contributed by atoms with Gasteiger partial charge in [0, 0.05) is 5.41 Å². The van der Waals surface area contributed by atoms with Crippen molar-refractivity contribution in [3.05, 3.63) is 569 Å². The molecule has 1 aliphatic rings. The first kappa shape index (κ1) is 87.8. The zero-order chi connectivity index (χ0) is 98.7. The zero-order valence-corrected chi connectivity index (χ0v) is 82.6. The highest BCUT2D eigenvalue weighted by molar-refractivity contribution is 6.29. The molecule has 0 heterocycles. The fourth-order valence-corrected chi connectivity index (χ4v) is 24.9. The van der Waals surface area contributed by atoms with E-state index in [0.29, 0.717) is 0 Å². The van der Waals surface area contributed by atoms with Gasteiger partial charge in [0.1, 0.15) is 0 Å². The molecular weight excluding hydrogens is 1790 g/mol. The average molecular weight is 1890 g/mol. The molecule has 29 aromatic rings. The summed E-state index contributed by atoms with van der Waals surface area (Å²) in [4.78, 5) is 0. The second-order valence-corrected chi connectivity index (χ2v) is 40.6. The van der Waals surface area contributed by atoms with E-state index >= 15 is 0 Å². The Kier molecular flexibility index (Phi) is 21.4. The van der Waals surface area contributed by atoms with E-state index in [4.69, 9.17) is 0 Å². The van der Waals surface area contributed by atoms with Crippen LogP contribution in [0.5, 0.6) is 0 Å². The maximum absolute atomic E-state index is 2.46. The van der Waals surface area contributed by atoms with Crippen LogP contribution in [0.2, 0.25) is 0 Å². The van der Waals surface area contributed by atoms with Crippen molar-refractivity contribution in [1.82, 2.24) is 0 Å². The highest BCUT2D eigenvalue weighted by atomic mass is 14.4. The standard InChI is InChI=1S/C52H34.C49H34.C48H30/c1-4-16-35(17-5-1)36-28-30-39(31-29-36)50-42-23-11-14-26-45(42)52(46-27-15-12-24-43(46)50)40-32-33-47-48(34-40)51(38-20-8-3-9-21-38)44-25-13-10-22-41(44)49(47)37-18-6-2-7-19-37;1-49(2)45-18-10-9-15-39(45)40-25-23-36(30-46(40)49)35-24-26-43-44(29-35)48(38-22-20-32-12-4-6-14-34(32)28-38)42-17-8-7-16-41(42)47(43)37-21-19-31-11-3-5-13-33(31)27-37;1-3-13-33-27-37(23-21-31(33)11-1)47-42-19-9-10-20-43(42)48(38-24-22-32-12-2-4-14-34(32)28-38)46-30-36(25-26-44(46)47)45-29-35-15-5-6-16-39(35)40-17-7-8-18-41(40)45/h1-34H;3-30H,1-2H3;1-30H. The molecule has 0 spiro atoms. The van der Waals surface area contributed by atoms with Crippen LogP contribution in [0.1, 0.15) is 25.0 Å². The van der Waals surface area contributed by atoms with Gasteiger partial charge in [0.25, 0.3) is 0 Å². The lowest BCUT2D eigenvalue weighted by molar-refractivity contribution is 0.660. The molecular formula is C149H98. The Bertz CT molecular complexity index is 10400. The smallest absolute Gasteiger partial charge is 0.0159 e. The van der Waals surface area contributed by atoms with Crippen LogP contribution in [0.15, 0.2) is 558 Å². The first-order valence-electron chi connectivity index (χ1n) is 52.0. The summed E-state index contributed by atoms with van der Waals surface area (Å²) >= 11 is 0. The molecule has 0 N–H and O–H groups in total. The van der Waals surface area contributed by atoms with E-state index in [0.717, 1.165) is 0 Å². The highest BCUT2D eigenvalue weighted by Gasteiger charge is 2.36. The van der Waals surface area contributed by atoms with Crippen LogP contribution in [0.4, 0.5) is 0 Å². The average Bonchev–Trinajstić information content (AvgIpc) is 1.52. The normalized spacial score (nSPS) is 12.1. The third-order valence-corrected chi connectivity index (χ3v) is 31.8. The van der Waals surface area contributed by atoms with Gasteiger partial charge in [0.15, 0.2) is 0 Å². The van der Waals surface area contributed by atoms with Crippen LogP contribution in [0.3, 0.4) is 0 Å². The van der Waals surface area contributed by atoms with Crippen molar-refractivity contribution < 1.29 is 0 Å². The summed E-state index contributed by atoms with van der Waals surface area (Å²) in [5, 5.41) is 35.4. The van der Waals surface area contributed by atoms with Crippen molar-refractivity contribution >= 4 is 151 Å². The summed E-state index contributed by atoms with van der Waals surface area (Å²) in [5.41, 5.74) is 33.0. The molecule has 0 saturated carbocycles. The van der Waals surface area contributed by atoms with Gasteiger partial charge in [0.2, 0.25) is 0 Å². The molecule has 30 rings (SSSR count). The Morgan fingerprint density at radius 3 is 0.738 bits per heavy atom. The van der Waals surface area contributed by atoms with Crippen molar-refractivity contribution in [1.29, 1.82) is 0 Å². The molecule has 0 unspecified atom stereocenters. The Morgan fingerprint density at radius 1 is 0.101 bits per heavy atom. The third kappa shape index (κ3) is 15.1. The molecule has 0 heteroatoms. The largest absolute Gasteiger partial charge is 0.0622 e. The first-order valence-corrected chi connectivity index (χ1v) is 52.0. The molecule has 0 bridgehead atoms. The van der Waals surface area contributed by atoms with Gasteiger partial charge in [-0.05, 0) is 350 Å². The summed E-state index contributed by atoms with van der Waals surface area (Å²) in [7, 11) is 0. The van der Waals surface area contributed by atoms with Crippen LogP contribution in [0, 0.1) is 0 Å². The van der Waals surface area contributed by atoms with Crippen molar-refractivity contribution in [3.63, 3.8) is 0 Å². The molecule has 29 aromatic carbocycles. The number of fused-ring (bicyclic) bond motifs is 18. The van der Waals surface area contributed by atoms with Gasteiger partial charge in [-0.3, -0.25) is 0 Å². The Balaban J connectivity index is 0.000000108. The third-order valence-electron chi connectivity index (χ3n) is 31.8. The minimum atomic E-state index is -0.0471. The quantitative estimate of drug-likeness (QED) is 0.0894. The van der Waals surface area contributed by atoms with E-state index in [2.05, 4.69) is 572 Å². The molecule has 0 aliphatic heterocycles. The predicted octanol–water partition coefficient (Wildman–Crippen LogP) is 41.8. The monoisotopic (exact) mass is 1890 g/mol. The van der Waals surface area contributed by atoms with E-state index in [1.165, 1.54) is 295 Å². The Labute approximate surface area is 866 Å². The van der Waals surface area contributed by atoms with Gasteiger partial charge in [-0.15, -0.1) is 0 Å². The number of benzene rings is 29. The molecule has 0 radical (unpaired) electrons. The highest BCUT2D eigenvalue weighted by Crippen LogP contribution is 2.55. The summed E-state index contributed by atoms with van der Waals surface area (Å²) in [6.07, 6.45) is 0. The van der Waals surface area contributed by atoms with E-state index in [9.17, 15) is 0 Å². The summed E-state index contributed by atoms with van der Waals surface area (Å²) < 4.78 is 0. The maximum Gasteiger partial charge on any atom is 0.0159 e. The molecule has 1 aliphatic carbocycles. The minimum absolute atomic E-state index is 0.0471. The van der Waals surface area contributed by atoms with Crippen molar-refractivity contribution in [3.8, 4) is 134 Å². The minimum Gasteiger partial charge on any atom is -0.0622 e. The molecule has 149 heavy (non-hydrogen) atoms. The van der Waals surface area contributed by atoms with E-state index < -0.39 is 0 Å². The fourth-order valence-electron chi connectivity index (χ4n) is 24.9. The van der Waals surface area contributed by atoms with Gasteiger partial charge in [-0.1, -0.05) is 517 Å². The zero-order valence-electron chi connectivity index (χ0n) is 82.6. The lowest BCUT2D eigenvalue weighted by atomic mass is 9.81. The summed E-state index contributed by atoms with van der Waals surface area (Å²) in [6.45, 7) is 4.73.